The van der Waals surface area contributed by atoms with Gasteiger partial charge in [-0.2, -0.15) is 23.4 Å². The van der Waals surface area contributed by atoms with E-state index >= 15 is 0 Å². The Morgan fingerprint density at radius 2 is 1.29 bits per heavy atom. The van der Waals surface area contributed by atoms with Gasteiger partial charge in [0.25, 0.3) is 10.1 Å². The molecule has 0 saturated heterocycles. The summed E-state index contributed by atoms with van der Waals surface area (Å²) in [7, 11) is -4.42. The second-order valence-corrected chi connectivity index (χ2v) is 15.0. The molecule has 0 radical (unpaired) electrons. The zero-order valence-corrected chi connectivity index (χ0v) is 33.0. The van der Waals surface area contributed by atoms with Crippen molar-refractivity contribution >= 4 is 85.7 Å². The maximum atomic E-state index is 12.1. The van der Waals surface area contributed by atoms with E-state index in [0.29, 0.717) is 68.6 Å². The van der Waals surface area contributed by atoms with E-state index in [0.717, 1.165) is 43.1 Å². The van der Waals surface area contributed by atoms with Crippen molar-refractivity contribution in [2.75, 3.05) is 52.3 Å². The number of nitrogens with one attached hydrogen (secondary N) is 2. The third-order valence-corrected chi connectivity index (χ3v) is 11.1. The number of benzene rings is 4. The molecule has 0 spiro atoms. The molecule has 1 aliphatic carbocycles. The Bertz CT molecular complexity index is 2400. The van der Waals surface area contributed by atoms with Crippen LogP contribution in [0.1, 0.15) is 46.1 Å². The van der Waals surface area contributed by atoms with Crippen LogP contribution in [-0.4, -0.2) is 54.1 Å². The van der Waals surface area contributed by atoms with Crippen molar-refractivity contribution in [3.05, 3.63) is 94.9 Å². The van der Waals surface area contributed by atoms with E-state index in [4.69, 9.17) is 20.7 Å². The first-order valence-electron chi connectivity index (χ1n) is 18.3. The molecule has 0 aliphatic heterocycles. The highest BCUT2D eigenvalue weighted by atomic mass is 32.2. The van der Waals surface area contributed by atoms with E-state index in [1.54, 1.807) is 12.1 Å². The molecule has 15 heteroatoms. The van der Waals surface area contributed by atoms with Crippen LogP contribution in [0.5, 0.6) is 0 Å². The van der Waals surface area contributed by atoms with Gasteiger partial charge in [-0.25, -0.2) is 0 Å². The lowest BCUT2D eigenvalue weighted by Crippen LogP contribution is -2.32. The Kier molecular flexibility index (Phi) is 12.6. The summed E-state index contributed by atoms with van der Waals surface area (Å²) in [6, 6.07) is 24.7. The van der Waals surface area contributed by atoms with Gasteiger partial charge in [-0.1, -0.05) is 54.2 Å². The number of anilines is 7. The summed E-state index contributed by atoms with van der Waals surface area (Å²) in [5, 5.41) is 17.5. The predicted octanol–water partition coefficient (Wildman–Crippen LogP) is 7.94. The van der Waals surface area contributed by atoms with Crippen molar-refractivity contribution < 1.29 is 13.0 Å². The highest BCUT2D eigenvalue weighted by Gasteiger charge is 2.17. The second-order valence-electron chi connectivity index (χ2n) is 12.7. The minimum Gasteiger partial charge on any atom is -0.397 e. The maximum absolute atomic E-state index is 12.1. The smallest absolute Gasteiger partial charge is 0.295 e. The van der Waals surface area contributed by atoms with E-state index in [1.165, 1.54) is 17.8 Å². The lowest BCUT2D eigenvalue weighted by atomic mass is 10.1. The highest BCUT2D eigenvalue weighted by Crippen LogP contribution is 2.34. The summed E-state index contributed by atoms with van der Waals surface area (Å²) < 4.78 is 34.1. The molecule has 5 aromatic rings. The molecule has 13 nitrogen and oxygen atoms in total. The van der Waals surface area contributed by atoms with Gasteiger partial charge >= 0.3 is 0 Å². The molecule has 1 aliphatic rings. The largest absolute Gasteiger partial charge is 0.397 e. The molecule has 0 saturated carbocycles. The maximum Gasteiger partial charge on any atom is 0.295 e. The summed E-state index contributed by atoms with van der Waals surface area (Å²) in [5.41, 5.74) is 12.4. The lowest BCUT2D eigenvalue weighted by molar-refractivity contribution is 0.482. The molecule has 0 unspecified atom stereocenters. The van der Waals surface area contributed by atoms with Crippen LogP contribution < -0.4 is 36.6 Å². The van der Waals surface area contributed by atoms with Gasteiger partial charge in [-0.3, -0.25) is 4.55 Å². The number of rotatable bonds is 16. The Balaban J connectivity index is 1.41. The zero-order valence-electron chi connectivity index (χ0n) is 31.4. The molecule has 6 rings (SSSR count). The number of nitrogens with two attached hydrogens (primary N) is 1. The van der Waals surface area contributed by atoms with Crippen molar-refractivity contribution in [3.8, 4) is 0 Å². The van der Waals surface area contributed by atoms with Crippen LogP contribution >= 0.6 is 11.8 Å². The number of thioether (sulfide) groups is 1. The number of hydrogen-bond donors (Lipinski definition) is 4. The van der Waals surface area contributed by atoms with Crippen molar-refractivity contribution in [3.63, 3.8) is 0 Å². The van der Waals surface area contributed by atoms with Crippen molar-refractivity contribution in [1.29, 1.82) is 0 Å². The molecule has 4 aromatic carbocycles. The number of hydrogen-bond acceptors (Lipinski definition) is 13. The van der Waals surface area contributed by atoms with Crippen molar-refractivity contribution in [2.45, 2.75) is 56.3 Å². The Morgan fingerprint density at radius 3 is 1.93 bits per heavy atom. The summed E-state index contributed by atoms with van der Waals surface area (Å²) in [5.74, 6) is 1.25. The zero-order chi connectivity index (χ0) is 39.0. The fraction of sp³-hybridized carbons (Fsp3) is 0.275. The molecule has 1 aromatic heterocycles. The molecule has 1 heterocycles. The average Bonchev–Trinajstić information content (AvgIpc) is 3.18. The number of azo groups is 1. The van der Waals surface area contributed by atoms with Crippen molar-refractivity contribution in [2.24, 2.45) is 10.2 Å². The van der Waals surface area contributed by atoms with E-state index in [1.807, 2.05) is 60.7 Å². The first-order valence-corrected chi connectivity index (χ1v) is 20.8. The monoisotopic (exact) mass is 778 g/mol. The first kappa shape index (κ1) is 39.2. The Labute approximate surface area is 326 Å². The summed E-state index contributed by atoms with van der Waals surface area (Å²) >= 11 is 1.49. The van der Waals surface area contributed by atoms with Gasteiger partial charge in [0, 0.05) is 53.7 Å². The van der Waals surface area contributed by atoms with Crippen LogP contribution in [0, 0.1) is 0 Å². The van der Waals surface area contributed by atoms with Gasteiger partial charge < -0.3 is 26.2 Å². The van der Waals surface area contributed by atoms with E-state index in [9.17, 15) is 13.0 Å². The molecular weight excluding hydrogens is 733 g/mol. The normalized spacial score (nSPS) is 12.5. The van der Waals surface area contributed by atoms with E-state index in [2.05, 4.69) is 70.5 Å². The minimum absolute atomic E-state index is 0.148. The SMILES string of the molecule is CCN(CC)c1ccc(N)c(Nc2nc(Nc3cc(N(CC)CC)ccc3N=Nc3ccc(S(=O)(=O)O)c4c3=CCCC=4)nc(SCc3ccccc3)n2)c1. The quantitative estimate of drug-likeness (QED) is 0.0330. The number of aromatic nitrogens is 3. The van der Waals surface area contributed by atoms with E-state index < -0.39 is 10.1 Å². The van der Waals surface area contributed by atoms with Crippen LogP contribution in [0.25, 0.3) is 12.2 Å². The molecule has 5 N–H and O–H groups in total. The summed E-state index contributed by atoms with van der Waals surface area (Å²) in [6.07, 6.45) is 5.08. The second kappa shape index (κ2) is 17.8. The predicted molar refractivity (Wildman–Crippen MR) is 225 cm³/mol. The van der Waals surface area contributed by atoms with Crippen LogP contribution in [0.2, 0.25) is 0 Å². The highest BCUT2D eigenvalue weighted by molar-refractivity contribution is 7.98. The summed E-state index contributed by atoms with van der Waals surface area (Å²) in [6.45, 7) is 11.7. The molecular formula is C40H46N10O3S2. The first-order chi connectivity index (χ1) is 26.6. The fourth-order valence-corrected chi connectivity index (χ4v) is 7.84. The van der Waals surface area contributed by atoms with Crippen LogP contribution in [-0.2, 0) is 15.9 Å². The molecule has 0 fully saturated rings. The summed E-state index contributed by atoms with van der Waals surface area (Å²) in [4.78, 5) is 18.7. The number of nitrogen functional groups attached to an aromatic ring is 1. The van der Waals surface area contributed by atoms with E-state index in [-0.39, 0.29) is 10.8 Å². The molecule has 55 heavy (non-hydrogen) atoms. The Hall–Kier alpha value is -5.51. The van der Waals surface area contributed by atoms with Crippen LogP contribution in [0.15, 0.2) is 99.1 Å². The number of fused-ring (bicyclic) bond motifs is 1. The molecule has 0 bridgehead atoms. The van der Waals surface area contributed by atoms with Gasteiger partial charge in [0.05, 0.1) is 22.7 Å². The lowest BCUT2D eigenvalue weighted by Gasteiger charge is -2.22. The van der Waals surface area contributed by atoms with Crippen LogP contribution in [0.3, 0.4) is 0 Å². The van der Waals surface area contributed by atoms with Gasteiger partial charge in [0.15, 0.2) is 5.16 Å². The topological polar surface area (TPSA) is 174 Å². The third kappa shape index (κ3) is 9.60. The standard InChI is InChI=1S/C40H46N10O3S2/c1-5-49(6-2)28-18-20-32(41)35(24-28)42-38-44-39(46-40(45-38)54-26-27-14-10-9-11-15-27)43-36-25-29(50(7-3)8-4)19-21-34(36)48-47-33-22-23-37(55(51,52)53)31-17-13-12-16-30(31)33/h9-11,14-25H,5-8,12-13,26,41H2,1-4H3,(H,51,52,53)(H2,42,43,44,45,46). The fourth-order valence-electron chi connectivity index (χ4n) is 6.34. The van der Waals surface area contributed by atoms with Crippen LogP contribution in [0.4, 0.5) is 51.7 Å². The molecule has 286 valence electrons. The van der Waals surface area contributed by atoms with Crippen molar-refractivity contribution in [1.82, 2.24) is 15.0 Å². The van der Waals surface area contributed by atoms with Gasteiger partial charge in [-0.15, -0.1) is 10.2 Å². The Morgan fingerprint density at radius 1 is 0.727 bits per heavy atom. The molecule has 0 atom stereocenters. The van der Waals surface area contributed by atoms with Gasteiger partial charge in [0.1, 0.15) is 10.6 Å². The minimum atomic E-state index is -4.42. The van der Waals surface area contributed by atoms with Gasteiger partial charge in [-0.05, 0) is 94.6 Å². The third-order valence-electron chi connectivity index (χ3n) is 9.22. The van der Waals surface area contributed by atoms with Gasteiger partial charge in [0.2, 0.25) is 11.9 Å². The molecule has 0 amide bonds. The average molecular weight is 779 g/mol. The number of nitrogens with zero attached hydrogens (tertiary/aromatic N) is 7.